The average Bonchev–Trinajstić information content (AvgIpc) is 2.47. The van der Waals surface area contributed by atoms with E-state index in [2.05, 4.69) is 10.2 Å². The van der Waals surface area contributed by atoms with Crippen LogP contribution >= 0.6 is 0 Å². The number of carbonyl (C=O) groups is 2. The molecule has 1 rings (SSSR count). The van der Waals surface area contributed by atoms with Crippen molar-refractivity contribution in [3.63, 3.8) is 0 Å². The number of hydrogen-bond donors (Lipinski definition) is 2. The van der Waals surface area contributed by atoms with E-state index >= 15 is 0 Å². The SMILES string of the molecule is COC(=O)C(CC(C)C)NC(=O)CN1CCCCC1CCO. The summed E-state index contributed by atoms with van der Waals surface area (Å²) in [4.78, 5) is 26.1. The average molecular weight is 314 g/mol. The fourth-order valence-electron chi connectivity index (χ4n) is 3.00. The van der Waals surface area contributed by atoms with E-state index in [1.807, 2.05) is 13.8 Å². The monoisotopic (exact) mass is 314 g/mol. The van der Waals surface area contributed by atoms with Gasteiger partial charge < -0.3 is 15.2 Å². The Morgan fingerprint density at radius 2 is 2.09 bits per heavy atom. The van der Waals surface area contributed by atoms with Gasteiger partial charge in [0.15, 0.2) is 0 Å². The van der Waals surface area contributed by atoms with E-state index in [0.717, 1.165) is 25.8 Å². The summed E-state index contributed by atoms with van der Waals surface area (Å²) in [6, 6.07) is -0.329. The highest BCUT2D eigenvalue weighted by Crippen LogP contribution is 2.19. The van der Waals surface area contributed by atoms with Crippen molar-refractivity contribution in [3.05, 3.63) is 0 Å². The molecule has 0 saturated carbocycles. The third-order valence-electron chi connectivity index (χ3n) is 4.09. The Morgan fingerprint density at radius 1 is 1.36 bits per heavy atom. The van der Waals surface area contributed by atoms with Crippen LogP contribution in [-0.2, 0) is 14.3 Å². The van der Waals surface area contributed by atoms with Crippen molar-refractivity contribution >= 4 is 11.9 Å². The number of aliphatic hydroxyl groups excluding tert-OH is 1. The highest BCUT2D eigenvalue weighted by Gasteiger charge is 2.27. The van der Waals surface area contributed by atoms with Crippen LogP contribution in [0.15, 0.2) is 0 Å². The van der Waals surface area contributed by atoms with Gasteiger partial charge in [-0.25, -0.2) is 4.79 Å². The quantitative estimate of drug-likeness (QED) is 0.652. The van der Waals surface area contributed by atoms with Crippen LogP contribution in [0.2, 0.25) is 0 Å². The van der Waals surface area contributed by atoms with Gasteiger partial charge in [-0.15, -0.1) is 0 Å². The topological polar surface area (TPSA) is 78.9 Å². The zero-order valence-corrected chi connectivity index (χ0v) is 14.0. The molecule has 0 radical (unpaired) electrons. The van der Waals surface area contributed by atoms with Gasteiger partial charge in [0, 0.05) is 12.6 Å². The number of nitrogens with zero attached hydrogens (tertiary/aromatic N) is 1. The van der Waals surface area contributed by atoms with Gasteiger partial charge in [-0.1, -0.05) is 20.3 Å². The number of ether oxygens (including phenoxy) is 1. The first-order valence-electron chi connectivity index (χ1n) is 8.20. The van der Waals surface area contributed by atoms with Gasteiger partial charge in [0.05, 0.1) is 13.7 Å². The summed E-state index contributed by atoms with van der Waals surface area (Å²) in [6.07, 6.45) is 4.49. The lowest BCUT2D eigenvalue weighted by Crippen LogP contribution is -2.50. The molecular formula is C16H30N2O4. The first-order valence-corrected chi connectivity index (χ1v) is 8.20. The van der Waals surface area contributed by atoms with E-state index in [4.69, 9.17) is 9.84 Å². The van der Waals surface area contributed by atoms with Crippen LogP contribution < -0.4 is 5.32 Å². The van der Waals surface area contributed by atoms with Crippen LogP contribution in [-0.4, -0.2) is 60.8 Å². The molecule has 2 atom stereocenters. The van der Waals surface area contributed by atoms with Crippen molar-refractivity contribution in [2.45, 2.75) is 58.0 Å². The van der Waals surface area contributed by atoms with E-state index in [9.17, 15) is 9.59 Å². The maximum absolute atomic E-state index is 12.3. The van der Waals surface area contributed by atoms with Crippen molar-refractivity contribution in [3.8, 4) is 0 Å². The summed E-state index contributed by atoms with van der Waals surface area (Å²) in [7, 11) is 1.34. The summed E-state index contributed by atoms with van der Waals surface area (Å²) in [5.74, 6) is -0.255. The minimum Gasteiger partial charge on any atom is -0.467 e. The van der Waals surface area contributed by atoms with E-state index in [-0.39, 0.29) is 25.1 Å². The van der Waals surface area contributed by atoms with E-state index in [0.29, 0.717) is 18.8 Å². The van der Waals surface area contributed by atoms with Crippen LogP contribution in [0.25, 0.3) is 0 Å². The highest BCUT2D eigenvalue weighted by molar-refractivity contribution is 5.85. The molecular weight excluding hydrogens is 284 g/mol. The second-order valence-corrected chi connectivity index (χ2v) is 6.41. The van der Waals surface area contributed by atoms with Gasteiger partial charge in [-0.05, 0) is 38.1 Å². The van der Waals surface area contributed by atoms with Crippen LogP contribution in [0.5, 0.6) is 0 Å². The Hall–Kier alpha value is -1.14. The van der Waals surface area contributed by atoms with Crippen LogP contribution in [0.3, 0.4) is 0 Å². The molecule has 0 spiro atoms. The number of carbonyl (C=O) groups excluding carboxylic acids is 2. The Labute approximate surface area is 133 Å². The number of likely N-dealkylation sites (tertiary alicyclic amines) is 1. The fraction of sp³-hybridized carbons (Fsp3) is 0.875. The molecule has 0 aliphatic carbocycles. The number of piperidine rings is 1. The Kier molecular flexibility index (Phi) is 8.42. The molecule has 1 aliphatic rings. The zero-order chi connectivity index (χ0) is 16.5. The Bertz CT molecular complexity index is 358. The first-order chi connectivity index (χ1) is 10.5. The summed E-state index contributed by atoms with van der Waals surface area (Å²) in [6.45, 7) is 5.29. The molecule has 22 heavy (non-hydrogen) atoms. The summed E-state index contributed by atoms with van der Waals surface area (Å²) < 4.78 is 4.76. The third-order valence-corrected chi connectivity index (χ3v) is 4.09. The van der Waals surface area contributed by atoms with Crippen molar-refractivity contribution in [2.24, 2.45) is 5.92 Å². The maximum Gasteiger partial charge on any atom is 0.328 e. The Morgan fingerprint density at radius 3 is 2.68 bits per heavy atom. The number of amides is 1. The number of methoxy groups -OCH3 is 1. The smallest absolute Gasteiger partial charge is 0.328 e. The summed E-state index contributed by atoms with van der Waals surface area (Å²) in [5, 5.41) is 11.9. The van der Waals surface area contributed by atoms with Gasteiger partial charge >= 0.3 is 5.97 Å². The largest absolute Gasteiger partial charge is 0.467 e. The van der Waals surface area contributed by atoms with Crippen LogP contribution in [0, 0.1) is 5.92 Å². The molecule has 1 saturated heterocycles. The summed E-state index contributed by atoms with van der Waals surface area (Å²) in [5.41, 5.74) is 0. The highest BCUT2D eigenvalue weighted by atomic mass is 16.5. The van der Waals surface area contributed by atoms with E-state index < -0.39 is 12.0 Å². The molecule has 0 aromatic carbocycles. The molecule has 2 unspecified atom stereocenters. The van der Waals surface area contributed by atoms with Gasteiger partial charge in [-0.3, -0.25) is 9.69 Å². The van der Waals surface area contributed by atoms with Gasteiger partial charge in [-0.2, -0.15) is 0 Å². The molecule has 0 aromatic heterocycles. The number of aliphatic hydroxyl groups is 1. The molecule has 1 amide bonds. The molecule has 128 valence electrons. The normalized spacial score (nSPS) is 20.7. The van der Waals surface area contributed by atoms with Crippen molar-refractivity contribution in [2.75, 3.05) is 26.8 Å². The van der Waals surface area contributed by atoms with Gasteiger partial charge in [0.25, 0.3) is 0 Å². The molecule has 0 bridgehead atoms. The molecule has 1 fully saturated rings. The first kappa shape index (κ1) is 18.9. The number of hydrogen-bond acceptors (Lipinski definition) is 5. The lowest BCUT2D eigenvalue weighted by atomic mass is 9.99. The van der Waals surface area contributed by atoms with Crippen molar-refractivity contribution in [1.82, 2.24) is 10.2 Å². The molecule has 1 heterocycles. The number of rotatable bonds is 8. The predicted octanol–water partition coefficient (Wildman–Crippen LogP) is 0.927. The van der Waals surface area contributed by atoms with Crippen LogP contribution in [0.1, 0.15) is 46.0 Å². The standard InChI is InChI=1S/C16H30N2O4/c1-12(2)10-14(16(21)22-3)17-15(20)11-18-8-5-4-6-13(18)7-9-19/h12-14,19H,4-11H2,1-3H3,(H,17,20). The molecule has 6 nitrogen and oxygen atoms in total. The predicted molar refractivity (Wildman–Crippen MR) is 84.3 cm³/mol. The Balaban J connectivity index is 2.55. The molecule has 2 N–H and O–H groups in total. The molecule has 6 heteroatoms. The van der Waals surface area contributed by atoms with E-state index in [1.165, 1.54) is 7.11 Å². The summed E-state index contributed by atoms with van der Waals surface area (Å²) >= 11 is 0. The third kappa shape index (κ3) is 6.32. The van der Waals surface area contributed by atoms with Crippen molar-refractivity contribution in [1.29, 1.82) is 0 Å². The minimum absolute atomic E-state index is 0.140. The maximum atomic E-state index is 12.3. The van der Waals surface area contributed by atoms with Crippen molar-refractivity contribution < 1.29 is 19.4 Å². The van der Waals surface area contributed by atoms with Gasteiger partial charge in [0.2, 0.25) is 5.91 Å². The lowest BCUT2D eigenvalue weighted by molar-refractivity contribution is -0.145. The zero-order valence-electron chi connectivity index (χ0n) is 14.0. The number of esters is 1. The fourth-order valence-corrected chi connectivity index (χ4v) is 3.00. The number of nitrogens with one attached hydrogen (secondary N) is 1. The molecule has 1 aliphatic heterocycles. The second kappa shape index (κ2) is 9.79. The van der Waals surface area contributed by atoms with Gasteiger partial charge in [0.1, 0.15) is 6.04 Å². The van der Waals surface area contributed by atoms with E-state index in [1.54, 1.807) is 0 Å². The van der Waals surface area contributed by atoms with Crippen LogP contribution in [0.4, 0.5) is 0 Å². The lowest BCUT2D eigenvalue weighted by Gasteiger charge is -2.35. The minimum atomic E-state index is -0.585. The molecule has 0 aromatic rings. The second-order valence-electron chi connectivity index (χ2n) is 6.41.